The van der Waals surface area contributed by atoms with E-state index in [2.05, 4.69) is 32.9 Å². The zero-order valence-electron chi connectivity index (χ0n) is 7.78. The molecule has 0 nitrogen and oxygen atoms in total. The van der Waals surface area contributed by atoms with Crippen LogP contribution in [0.15, 0.2) is 17.2 Å². The molecule has 61 valence electrons. The second kappa shape index (κ2) is 3.75. The Hall–Kier alpha value is -0.520. The summed E-state index contributed by atoms with van der Waals surface area (Å²) >= 11 is 0. The lowest BCUT2D eigenvalue weighted by molar-refractivity contribution is 0.689. The van der Waals surface area contributed by atoms with Gasteiger partial charge in [-0.3, -0.25) is 0 Å². The molecule has 1 unspecified atom stereocenters. The fraction of sp³-hybridized carbons (Fsp3) is 0.636. The van der Waals surface area contributed by atoms with E-state index in [1.54, 1.807) is 5.57 Å². The summed E-state index contributed by atoms with van der Waals surface area (Å²) in [5.41, 5.74) is 3.15. The maximum absolute atomic E-state index is 3.41. The summed E-state index contributed by atoms with van der Waals surface area (Å²) < 4.78 is 0. The van der Waals surface area contributed by atoms with E-state index in [1.165, 1.54) is 24.8 Å². The molecule has 0 heterocycles. The van der Waals surface area contributed by atoms with Gasteiger partial charge in [0, 0.05) is 5.92 Å². The molecule has 0 aromatic heterocycles. The quantitative estimate of drug-likeness (QED) is 0.576. The second-order valence-electron chi connectivity index (χ2n) is 3.03. The van der Waals surface area contributed by atoms with E-state index in [-0.39, 0.29) is 0 Å². The SMILES string of the molecule is CCC1=C(CC)C(CC)[C]=C1. The van der Waals surface area contributed by atoms with E-state index < -0.39 is 0 Å². The van der Waals surface area contributed by atoms with Gasteiger partial charge in [-0.05, 0) is 30.9 Å². The van der Waals surface area contributed by atoms with Crippen molar-refractivity contribution in [3.8, 4) is 0 Å². The fourth-order valence-corrected chi connectivity index (χ4v) is 1.79. The Bertz CT molecular complexity index is 184. The van der Waals surface area contributed by atoms with Crippen molar-refractivity contribution in [2.75, 3.05) is 0 Å². The molecule has 0 bridgehead atoms. The second-order valence-corrected chi connectivity index (χ2v) is 3.03. The molecule has 0 fully saturated rings. The third-order valence-corrected chi connectivity index (χ3v) is 2.46. The lowest BCUT2D eigenvalue weighted by Crippen LogP contribution is -1.96. The van der Waals surface area contributed by atoms with E-state index in [9.17, 15) is 0 Å². The van der Waals surface area contributed by atoms with Crippen LogP contribution < -0.4 is 0 Å². The summed E-state index contributed by atoms with van der Waals surface area (Å²) in [5, 5.41) is 0. The molecule has 1 aliphatic rings. The van der Waals surface area contributed by atoms with Crippen molar-refractivity contribution >= 4 is 0 Å². The van der Waals surface area contributed by atoms with Gasteiger partial charge in [-0.15, -0.1) is 0 Å². The monoisotopic (exact) mass is 149 g/mol. The fourth-order valence-electron chi connectivity index (χ4n) is 1.79. The Balaban J connectivity index is 2.77. The molecule has 0 saturated heterocycles. The van der Waals surface area contributed by atoms with Crippen LogP contribution in [0.2, 0.25) is 0 Å². The zero-order valence-corrected chi connectivity index (χ0v) is 7.78. The van der Waals surface area contributed by atoms with E-state index in [0.717, 1.165) is 0 Å². The minimum atomic E-state index is 0.634. The molecule has 0 aromatic rings. The summed E-state index contributed by atoms with van der Waals surface area (Å²) in [7, 11) is 0. The van der Waals surface area contributed by atoms with Gasteiger partial charge in [0.15, 0.2) is 0 Å². The molecule has 0 heteroatoms. The summed E-state index contributed by atoms with van der Waals surface area (Å²) in [4.78, 5) is 0. The smallest absolute Gasteiger partial charge is 0.00543 e. The Labute approximate surface area is 70.0 Å². The van der Waals surface area contributed by atoms with E-state index in [4.69, 9.17) is 0 Å². The first-order valence-electron chi connectivity index (χ1n) is 4.64. The maximum atomic E-state index is 3.41. The highest BCUT2D eigenvalue weighted by Crippen LogP contribution is 2.30. The van der Waals surface area contributed by atoms with Gasteiger partial charge in [0.25, 0.3) is 0 Å². The predicted octanol–water partition coefficient (Wildman–Crippen LogP) is 3.50. The highest BCUT2D eigenvalue weighted by atomic mass is 14.2. The predicted molar refractivity (Wildman–Crippen MR) is 49.2 cm³/mol. The zero-order chi connectivity index (χ0) is 8.27. The number of allylic oxidation sites excluding steroid dienone is 4. The van der Waals surface area contributed by atoms with Gasteiger partial charge in [-0.1, -0.05) is 32.4 Å². The highest BCUT2D eigenvalue weighted by Gasteiger charge is 2.15. The van der Waals surface area contributed by atoms with Gasteiger partial charge in [0.05, 0.1) is 0 Å². The largest absolute Gasteiger partial charge is 0.0645 e. The van der Waals surface area contributed by atoms with Gasteiger partial charge in [-0.25, -0.2) is 0 Å². The van der Waals surface area contributed by atoms with Gasteiger partial charge < -0.3 is 0 Å². The lowest BCUT2D eigenvalue weighted by Gasteiger charge is -2.10. The number of hydrogen-bond acceptors (Lipinski definition) is 0. The molecular weight excluding hydrogens is 132 g/mol. The molecule has 1 radical (unpaired) electrons. The van der Waals surface area contributed by atoms with Crippen molar-refractivity contribution in [3.63, 3.8) is 0 Å². The van der Waals surface area contributed by atoms with Crippen molar-refractivity contribution < 1.29 is 0 Å². The third kappa shape index (κ3) is 1.55. The highest BCUT2D eigenvalue weighted by molar-refractivity contribution is 5.33. The van der Waals surface area contributed by atoms with E-state index in [1.807, 2.05) is 0 Å². The molecule has 0 aliphatic heterocycles. The molecule has 1 rings (SSSR count). The minimum Gasteiger partial charge on any atom is -0.0645 e. The van der Waals surface area contributed by atoms with Crippen LogP contribution in [0.3, 0.4) is 0 Å². The van der Waals surface area contributed by atoms with Crippen molar-refractivity contribution in [3.05, 3.63) is 23.3 Å². The topological polar surface area (TPSA) is 0 Å². The van der Waals surface area contributed by atoms with Crippen molar-refractivity contribution in [1.82, 2.24) is 0 Å². The molecular formula is C11H17. The van der Waals surface area contributed by atoms with Gasteiger partial charge >= 0.3 is 0 Å². The van der Waals surface area contributed by atoms with Gasteiger partial charge in [-0.2, -0.15) is 0 Å². The summed E-state index contributed by atoms with van der Waals surface area (Å²) in [5.74, 6) is 0.634. The van der Waals surface area contributed by atoms with Crippen LogP contribution in [0.1, 0.15) is 40.0 Å². The Morgan fingerprint density at radius 3 is 2.45 bits per heavy atom. The third-order valence-electron chi connectivity index (χ3n) is 2.46. The van der Waals surface area contributed by atoms with Crippen LogP contribution in [0.4, 0.5) is 0 Å². The van der Waals surface area contributed by atoms with Crippen LogP contribution in [0.5, 0.6) is 0 Å². The van der Waals surface area contributed by atoms with Gasteiger partial charge in [0.1, 0.15) is 0 Å². The molecule has 0 spiro atoms. The molecule has 1 atom stereocenters. The average molecular weight is 149 g/mol. The molecule has 11 heavy (non-hydrogen) atoms. The minimum absolute atomic E-state index is 0.634. The molecule has 0 saturated carbocycles. The van der Waals surface area contributed by atoms with Crippen molar-refractivity contribution in [1.29, 1.82) is 0 Å². The standard InChI is InChI=1S/C11H17/c1-4-9-7-8-10(5-2)11(9)6-3/h7,10H,4-6H2,1-3H3. The Morgan fingerprint density at radius 1 is 1.27 bits per heavy atom. The van der Waals surface area contributed by atoms with Crippen LogP contribution in [-0.4, -0.2) is 0 Å². The van der Waals surface area contributed by atoms with Gasteiger partial charge in [0.2, 0.25) is 0 Å². The summed E-state index contributed by atoms with van der Waals surface area (Å²) in [6.07, 6.45) is 9.18. The Kier molecular flexibility index (Phi) is 2.92. The number of hydrogen-bond donors (Lipinski definition) is 0. The summed E-state index contributed by atoms with van der Waals surface area (Å²) in [6, 6.07) is 0. The normalized spacial score (nSPS) is 23.4. The van der Waals surface area contributed by atoms with Crippen molar-refractivity contribution in [2.24, 2.45) is 5.92 Å². The van der Waals surface area contributed by atoms with Crippen LogP contribution >= 0.6 is 0 Å². The van der Waals surface area contributed by atoms with E-state index >= 15 is 0 Å². The lowest BCUT2D eigenvalue weighted by atomic mass is 9.95. The first-order chi connectivity index (χ1) is 5.33. The summed E-state index contributed by atoms with van der Waals surface area (Å²) in [6.45, 7) is 6.70. The van der Waals surface area contributed by atoms with Crippen LogP contribution in [0, 0.1) is 12.0 Å². The Morgan fingerprint density at radius 2 is 2.00 bits per heavy atom. The molecule has 0 amide bonds. The van der Waals surface area contributed by atoms with Crippen LogP contribution in [-0.2, 0) is 0 Å². The first-order valence-corrected chi connectivity index (χ1v) is 4.64. The molecule has 0 aromatic carbocycles. The number of rotatable bonds is 3. The van der Waals surface area contributed by atoms with Crippen molar-refractivity contribution in [2.45, 2.75) is 40.0 Å². The van der Waals surface area contributed by atoms with E-state index in [0.29, 0.717) is 5.92 Å². The first kappa shape index (κ1) is 8.58. The molecule has 0 N–H and O–H groups in total. The van der Waals surface area contributed by atoms with Crippen LogP contribution in [0.25, 0.3) is 0 Å². The average Bonchev–Trinajstić information content (AvgIpc) is 2.45. The molecule has 1 aliphatic carbocycles. The maximum Gasteiger partial charge on any atom is 0.00543 e.